The predicted octanol–water partition coefficient (Wildman–Crippen LogP) is 3.32. The van der Waals surface area contributed by atoms with Crippen LogP contribution in [0.3, 0.4) is 0 Å². The molecule has 3 N–H and O–H groups in total. The number of hydrogen-bond acceptors (Lipinski definition) is 4. The number of anilines is 1. The number of methoxy groups -OCH3 is 1. The average Bonchev–Trinajstić information content (AvgIpc) is 2.66. The topological polar surface area (TPSA) is 90.6 Å². The first-order valence-electron chi connectivity index (χ1n) is 8.26. The summed E-state index contributed by atoms with van der Waals surface area (Å²) in [6.07, 6.45) is 4.70. The van der Waals surface area contributed by atoms with Gasteiger partial charge in [-0.15, -0.1) is 0 Å². The molecule has 2 aromatic rings. The number of hydrogen-bond donors (Lipinski definition) is 2. The van der Waals surface area contributed by atoms with Crippen LogP contribution in [0.15, 0.2) is 55.1 Å². The Hall–Kier alpha value is -3.54. The van der Waals surface area contributed by atoms with Crippen molar-refractivity contribution < 1.29 is 19.1 Å². The first-order valence-corrected chi connectivity index (χ1v) is 8.26. The van der Waals surface area contributed by atoms with Gasteiger partial charge in [-0.2, -0.15) is 0 Å². The smallest absolute Gasteiger partial charge is 0.249 e. The normalized spacial score (nSPS) is 10.4. The van der Waals surface area contributed by atoms with E-state index < -0.39 is 5.91 Å². The number of benzene rings is 2. The van der Waals surface area contributed by atoms with Crippen molar-refractivity contribution in [3.63, 3.8) is 0 Å². The van der Waals surface area contributed by atoms with E-state index in [9.17, 15) is 9.59 Å². The minimum Gasteiger partial charge on any atom is -0.493 e. The van der Waals surface area contributed by atoms with Crippen molar-refractivity contribution in [2.75, 3.05) is 19.0 Å². The van der Waals surface area contributed by atoms with Crippen molar-refractivity contribution in [3.05, 3.63) is 71.8 Å². The summed E-state index contributed by atoms with van der Waals surface area (Å²) in [5, 5.41) is 2.74. The van der Waals surface area contributed by atoms with E-state index in [1.165, 1.54) is 6.08 Å². The molecule has 140 valence electrons. The van der Waals surface area contributed by atoms with Crippen LogP contribution in [0.1, 0.15) is 21.5 Å². The number of carbonyl (C=O) groups is 2. The lowest BCUT2D eigenvalue weighted by Gasteiger charge is -2.10. The molecule has 0 unspecified atom stereocenters. The zero-order valence-electron chi connectivity index (χ0n) is 15.3. The molecule has 0 spiro atoms. The Bertz CT molecular complexity index is 888. The maximum absolute atomic E-state index is 12.2. The van der Waals surface area contributed by atoms with Crippen LogP contribution in [-0.2, 0) is 4.79 Å². The second-order valence-corrected chi connectivity index (χ2v) is 5.67. The Morgan fingerprint density at radius 1 is 1.22 bits per heavy atom. The molecule has 6 heteroatoms. The van der Waals surface area contributed by atoms with Gasteiger partial charge in [-0.05, 0) is 48.4 Å². The van der Waals surface area contributed by atoms with Gasteiger partial charge in [0, 0.05) is 17.3 Å². The van der Waals surface area contributed by atoms with E-state index in [2.05, 4.69) is 11.9 Å². The summed E-state index contributed by atoms with van der Waals surface area (Å²) < 4.78 is 10.8. The molecule has 6 nitrogen and oxygen atoms in total. The highest BCUT2D eigenvalue weighted by atomic mass is 16.5. The van der Waals surface area contributed by atoms with Crippen LogP contribution in [0.4, 0.5) is 5.69 Å². The van der Waals surface area contributed by atoms with Crippen molar-refractivity contribution >= 4 is 23.6 Å². The van der Waals surface area contributed by atoms with Crippen molar-refractivity contribution in [1.82, 2.24) is 0 Å². The van der Waals surface area contributed by atoms with E-state index in [4.69, 9.17) is 15.2 Å². The lowest BCUT2D eigenvalue weighted by atomic mass is 10.1. The molecular weight excluding hydrogens is 344 g/mol. The molecule has 0 atom stereocenters. The summed E-state index contributed by atoms with van der Waals surface area (Å²) in [4.78, 5) is 23.6. The third-order valence-electron chi connectivity index (χ3n) is 3.83. The van der Waals surface area contributed by atoms with Crippen LogP contribution in [0, 0.1) is 6.92 Å². The minimum atomic E-state index is -0.537. The predicted molar refractivity (Wildman–Crippen MR) is 106 cm³/mol. The quantitative estimate of drug-likeness (QED) is 0.554. The molecule has 0 heterocycles. The Morgan fingerprint density at radius 2 is 2.00 bits per heavy atom. The highest BCUT2D eigenvalue weighted by molar-refractivity contribution is 6.04. The van der Waals surface area contributed by atoms with Gasteiger partial charge in [0.25, 0.3) is 0 Å². The summed E-state index contributed by atoms with van der Waals surface area (Å²) in [5.41, 5.74) is 7.63. The lowest BCUT2D eigenvalue weighted by Crippen LogP contribution is -2.15. The van der Waals surface area contributed by atoms with Crippen LogP contribution in [0.5, 0.6) is 11.5 Å². The lowest BCUT2D eigenvalue weighted by molar-refractivity contribution is -0.111. The summed E-state index contributed by atoms with van der Waals surface area (Å²) in [6, 6.07) is 10.3. The maximum atomic E-state index is 12.2. The number of ether oxygens (including phenoxy) is 2. The van der Waals surface area contributed by atoms with E-state index in [-0.39, 0.29) is 5.91 Å². The SMILES string of the molecule is C=CCOc1ccc(/C=C/C(=O)Nc2cccc(C(N)=O)c2C)cc1OC. The molecular formula is C21H22N2O4. The zero-order chi connectivity index (χ0) is 19.8. The fourth-order valence-corrected chi connectivity index (χ4v) is 2.44. The molecule has 0 radical (unpaired) electrons. The molecule has 27 heavy (non-hydrogen) atoms. The molecule has 2 rings (SSSR count). The van der Waals surface area contributed by atoms with E-state index in [0.29, 0.717) is 34.9 Å². The summed E-state index contributed by atoms with van der Waals surface area (Å²) in [7, 11) is 1.55. The molecule has 0 aromatic heterocycles. The van der Waals surface area contributed by atoms with Crippen molar-refractivity contribution in [3.8, 4) is 11.5 Å². The molecule has 2 amide bonds. The van der Waals surface area contributed by atoms with Crippen LogP contribution in [-0.4, -0.2) is 25.5 Å². The fraction of sp³-hybridized carbons (Fsp3) is 0.143. The molecule has 0 aliphatic rings. The van der Waals surface area contributed by atoms with Crippen LogP contribution in [0.25, 0.3) is 6.08 Å². The second-order valence-electron chi connectivity index (χ2n) is 5.67. The summed E-state index contributed by atoms with van der Waals surface area (Å²) in [5.74, 6) is 0.290. The molecule has 0 bridgehead atoms. The first-order chi connectivity index (χ1) is 13.0. The van der Waals surface area contributed by atoms with Crippen molar-refractivity contribution in [2.45, 2.75) is 6.92 Å². The third kappa shape index (κ3) is 5.22. The van der Waals surface area contributed by atoms with E-state index >= 15 is 0 Å². The minimum absolute atomic E-state index is 0.328. The molecule has 0 aliphatic heterocycles. The van der Waals surface area contributed by atoms with Gasteiger partial charge in [-0.1, -0.05) is 24.8 Å². The van der Waals surface area contributed by atoms with Gasteiger partial charge >= 0.3 is 0 Å². The molecule has 0 aliphatic carbocycles. The number of rotatable bonds is 8. The first kappa shape index (κ1) is 19.8. The Morgan fingerprint density at radius 3 is 2.67 bits per heavy atom. The number of nitrogens with one attached hydrogen (secondary N) is 1. The zero-order valence-corrected chi connectivity index (χ0v) is 15.3. The van der Waals surface area contributed by atoms with Crippen molar-refractivity contribution in [1.29, 1.82) is 0 Å². The Labute approximate surface area is 158 Å². The fourth-order valence-electron chi connectivity index (χ4n) is 2.44. The van der Waals surface area contributed by atoms with Gasteiger partial charge in [0.2, 0.25) is 11.8 Å². The van der Waals surface area contributed by atoms with Gasteiger partial charge < -0.3 is 20.5 Å². The third-order valence-corrected chi connectivity index (χ3v) is 3.83. The van der Waals surface area contributed by atoms with Crippen LogP contribution < -0.4 is 20.5 Å². The number of carbonyl (C=O) groups excluding carboxylic acids is 2. The Kier molecular flexibility index (Phi) is 6.77. The average molecular weight is 366 g/mol. The number of amides is 2. The Balaban J connectivity index is 2.12. The number of nitrogens with two attached hydrogens (primary N) is 1. The van der Waals surface area contributed by atoms with Gasteiger partial charge in [0.05, 0.1) is 7.11 Å². The van der Waals surface area contributed by atoms with E-state index in [1.807, 2.05) is 6.07 Å². The number of primary amides is 1. The monoisotopic (exact) mass is 366 g/mol. The molecule has 2 aromatic carbocycles. The van der Waals surface area contributed by atoms with Gasteiger partial charge in [-0.3, -0.25) is 9.59 Å². The standard InChI is InChI=1S/C21H22N2O4/c1-4-12-27-18-10-8-15(13-19(18)26-3)9-11-20(24)23-17-7-5-6-16(14(17)2)21(22)25/h4-11,13H,1,12H2,2-3H3,(H2,22,25)(H,23,24)/b11-9+. The molecule has 0 saturated heterocycles. The van der Waals surface area contributed by atoms with Crippen LogP contribution >= 0.6 is 0 Å². The van der Waals surface area contributed by atoms with Crippen LogP contribution in [0.2, 0.25) is 0 Å². The highest BCUT2D eigenvalue weighted by Crippen LogP contribution is 2.28. The second kappa shape index (κ2) is 9.24. The largest absolute Gasteiger partial charge is 0.493 e. The molecule has 0 saturated carbocycles. The highest BCUT2D eigenvalue weighted by Gasteiger charge is 2.10. The van der Waals surface area contributed by atoms with Gasteiger partial charge in [0.1, 0.15) is 6.61 Å². The molecule has 0 fully saturated rings. The van der Waals surface area contributed by atoms with E-state index in [1.54, 1.807) is 56.5 Å². The van der Waals surface area contributed by atoms with E-state index in [0.717, 1.165) is 5.56 Å². The maximum Gasteiger partial charge on any atom is 0.249 e. The summed E-state index contributed by atoms with van der Waals surface area (Å²) in [6.45, 7) is 5.71. The van der Waals surface area contributed by atoms with Gasteiger partial charge in [-0.25, -0.2) is 0 Å². The van der Waals surface area contributed by atoms with Gasteiger partial charge in [0.15, 0.2) is 11.5 Å². The van der Waals surface area contributed by atoms with Crippen molar-refractivity contribution in [2.24, 2.45) is 5.73 Å². The summed E-state index contributed by atoms with van der Waals surface area (Å²) >= 11 is 0.